The molecular weight excluding hydrogens is 530 g/mol. The number of benzene rings is 3. The van der Waals surface area contributed by atoms with Gasteiger partial charge >= 0.3 is 155 Å². The van der Waals surface area contributed by atoms with Crippen molar-refractivity contribution in [3.63, 3.8) is 0 Å². The molecule has 0 heterocycles. The summed E-state index contributed by atoms with van der Waals surface area (Å²) in [5.41, 5.74) is 0. The Kier molecular flexibility index (Phi) is 5.45. The first kappa shape index (κ1) is 16.3. The van der Waals surface area contributed by atoms with Crippen molar-refractivity contribution in [1.82, 2.24) is 0 Å². The molecular formula is C18H13Cl3Pb. The SMILES string of the molecule is Clc1cc[c]([PbH]([c]2ccc(Cl)cc2)[c]2ccc(Cl)cc2)cc1. The summed E-state index contributed by atoms with van der Waals surface area (Å²) in [4.78, 5) is 0. The molecule has 3 rings (SSSR count). The van der Waals surface area contributed by atoms with E-state index in [1.165, 1.54) is 9.37 Å². The van der Waals surface area contributed by atoms with Crippen LogP contribution in [0, 0.1) is 0 Å². The molecule has 110 valence electrons. The van der Waals surface area contributed by atoms with Crippen LogP contribution in [0.2, 0.25) is 15.1 Å². The van der Waals surface area contributed by atoms with Gasteiger partial charge in [-0.1, -0.05) is 0 Å². The first-order valence-corrected chi connectivity index (χ1v) is 14.8. The van der Waals surface area contributed by atoms with Gasteiger partial charge in [0, 0.05) is 0 Å². The molecule has 0 saturated carbocycles. The molecule has 0 atom stereocenters. The Morgan fingerprint density at radius 2 is 0.636 bits per heavy atom. The molecule has 0 bridgehead atoms. The van der Waals surface area contributed by atoms with Crippen LogP contribution in [0.15, 0.2) is 72.8 Å². The van der Waals surface area contributed by atoms with Crippen LogP contribution in [0.5, 0.6) is 0 Å². The first-order valence-electron chi connectivity index (χ1n) is 6.90. The second-order valence-electron chi connectivity index (χ2n) is 5.09. The minimum absolute atomic E-state index is 0.767. The van der Waals surface area contributed by atoms with E-state index >= 15 is 0 Å². The van der Waals surface area contributed by atoms with E-state index in [0.29, 0.717) is 0 Å². The minimum atomic E-state index is -2.54. The van der Waals surface area contributed by atoms with Gasteiger partial charge in [-0.3, -0.25) is 0 Å². The van der Waals surface area contributed by atoms with E-state index in [2.05, 4.69) is 36.4 Å². The Balaban J connectivity index is 2.10. The molecule has 3 aromatic carbocycles. The topological polar surface area (TPSA) is 0 Å². The molecule has 3 aromatic rings. The van der Waals surface area contributed by atoms with Gasteiger partial charge in [-0.25, -0.2) is 0 Å². The Bertz CT molecular complexity index is 642. The molecule has 0 unspecified atom stereocenters. The fourth-order valence-corrected chi connectivity index (χ4v) is 14.1. The van der Waals surface area contributed by atoms with Gasteiger partial charge in [0.1, 0.15) is 0 Å². The summed E-state index contributed by atoms with van der Waals surface area (Å²) in [7, 11) is 0. The van der Waals surface area contributed by atoms with Crippen LogP contribution < -0.4 is 9.37 Å². The van der Waals surface area contributed by atoms with Crippen LogP contribution in [-0.2, 0) is 0 Å². The Morgan fingerprint density at radius 3 is 0.864 bits per heavy atom. The standard InChI is InChI=1S/3C6H4Cl.Pb.H/c3*7-6-4-2-1-3-5-6;;/h3*2-5H;;. The van der Waals surface area contributed by atoms with Crippen molar-refractivity contribution in [1.29, 1.82) is 0 Å². The first-order chi connectivity index (χ1) is 10.6. The van der Waals surface area contributed by atoms with Crippen molar-refractivity contribution in [3.8, 4) is 0 Å². The summed E-state index contributed by atoms with van der Waals surface area (Å²) in [6.07, 6.45) is 0. The van der Waals surface area contributed by atoms with E-state index in [1.807, 2.05) is 36.4 Å². The van der Waals surface area contributed by atoms with E-state index in [9.17, 15) is 0 Å². The fraction of sp³-hybridized carbons (Fsp3) is 0. The van der Waals surface area contributed by atoms with Crippen molar-refractivity contribution in [3.05, 3.63) is 87.9 Å². The van der Waals surface area contributed by atoms with Gasteiger partial charge in [0.2, 0.25) is 0 Å². The Morgan fingerprint density at radius 1 is 0.409 bits per heavy atom. The van der Waals surface area contributed by atoms with E-state index in [1.54, 1.807) is 0 Å². The third-order valence-electron chi connectivity index (χ3n) is 3.61. The molecule has 0 radical (unpaired) electrons. The van der Waals surface area contributed by atoms with Gasteiger partial charge in [-0.15, -0.1) is 0 Å². The number of hydrogen-bond donors (Lipinski definition) is 0. The summed E-state index contributed by atoms with van der Waals surface area (Å²) < 4.78 is 4.19. The number of hydrogen-bond acceptors (Lipinski definition) is 0. The third kappa shape index (κ3) is 3.85. The summed E-state index contributed by atoms with van der Waals surface area (Å²) in [6, 6.07) is 24.7. The maximum atomic E-state index is 6.04. The van der Waals surface area contributed by atoms with Crippen molar-refractivity contribution in [2.24, 2.45) is 0 Å². The Labute approximate surface area is 153 Å². The van der Waals surface area contributed by atoms with Crippen LogP contribution in [-0.4, -0.2) is 22.7 Å². The zero-order valence-electron chi connectivity index (χ0n) is 11.6. The fourth-order valence-electron chi connectivity index (χ4n) is 2.54. The molecule has 0 nitrogen and oxygen atoms in total. The molecule has 0 fully saturated rings. The average Bonchev–Trinajstić information content (AvgIpc) is 2.53. The second kappa shape index (κ2) is 7.35. The molecule has 0 aliphatic rings. The van der Waals surface area contributed by atoms with Gasteiger partial charge in [-0.05, 0) is 0 Å². The van der Waals surface area contributed by atoms with Gasteiger partial charge in [-0.2, -0.15) is 0 Å². The molecule has 0 spiro atoms. The van der Waals surface area contributed by atoms with Crippen LogP contribution in [0.3, 0.4) is 0 Å². The van der Waals surface area contributed by atoms with E-state index in [0.717, 1.165) is 15.1 Å². The molecule has 0 aliphatic heterocycles. The average molecular weight is 543 g/mol. The quantitative estimate of drug-likeness (QED) is 0.441. The van der Waals surface area contributed by atoms with Crippen molar-refractivity contribution in [2.75, 3.05) is 0 Å². The normalized spacial score (nSPS) is 10.9. The Hall–Kier alpha value is -0.548. The van der Waals surface area contributed by atoms with Crippen LogP contribution in [0.25, 0.3) is 0 Å². The summed E-state index contributed by atoms with van der Waals surface area (Å²) >= 11 is 15.6. The van der Waals surface area contributed by atoms with Crippen molar-refractivity contribution in [2.45, 2.75) is 0 Å². The van der Waals surface area contributed by atoms with Crippen molar-refractivity contribution >= 4 is 66.9 Å². The molecule has 0 aliphatic carbocycles. The van der Waals surface area contributed by atoms with Crippen LogP contribution >= 0.6 is 34.8 Å². The second-order valence-corrected chi connectivity index (χ2v) is 17.5. The van der Waals surface area contributed by atoms with E-state index < -0.39 is 22.7 Å². The predicted octanol–water partition coefficient (Wildman–Crippen LogP) is 3.90. The zero-order valence-corrected chi connectivity index (χ0v) is 18.4. The van der Waals surface area contributed by atoms with Gasteiger partial charge < -0.3 is 0 Å². The third-order valence-corrected chi connectivity index (χ3v) is 16.6. The summed E-state index contributed by atoms with van der Waals surface area (Å²) in [6.45, 7) is 0. The molecule has 0 aromatic heterocycles. The van der Waals surface area contributed by atoms with Crippen molar-refractivity contribution < 1.29 is 0 Å². The summed E-state index contributed by atoms with van der Waals surface area (Å²) in [5.74, 6) is 0. The number of halogens is 3. The predicted molar refractivity (Wildman–Crippen MR) is 100 cm³/mol. The van der Waals surface area contributed by atoms with E-state index in [4.69, 9.17) is 34.8 Å². The molecule has 22 heavy (non-hydrogen) atoms. The van der Waals surface area contributed by atoms with Gasteiger partial charge in [0.05, 0.1) is 0 Å². The monoisotopic (exact) mass is 542 g/mol. The molecule has 0 amide bonds. The van der Waals surface area contributed by atoms with Gasteiger partial charge in [0.25, 0.3) is 0 Å². The molecule has 0 N–H and O–H groups in total. The molecule has 0 saturated heterocycles. The van der Waals surface area contributed by atoms with E-state index in [-0.39, 0.29) is 0 Å². The maximum absolute atomic E-state index is 6.04. The molecule has 4 heteroatoms. The van der Waals surface area contributed by atoms with Crippen LogP contribution in [0.1, 0.15) is 0 Å². The van der Waals surface area contributed by atoms with Crippen LogP contribution in [0.4, 0.5) is 0 Å². The van der Waals surface area contributed by atoms with Gasteiger partial charge in [0.15, 0.2) is 0 Å². The summed E-state index contributed by atoms with van der Waals surface area (Å²) in [5, 5.41) is 2.30. The zero-order chi connectivity index (χ0) is 15.5. The number of rotatable bonds is 3.